The second-order valence-electron chi connectivity index (χ2n) is 3.87. The molecule has 17 heavy (non-hydrogen) atoms. The molecule has 94 valence electrons. The second-order valence-corrected chi connectivity index (χ2v) is 4.21. The van der Waals surface area contributed by atoms with E-state index in [1.165, 1.54) is 0 Å². The Labute approximate surface area is 101 Å². The molecule has 0 amide bonds. The lowest BCUT2D eigenvalue weighted by Gasteiger charge is -2.23. The van der Waals surface area contributed by atoms with Crippen molar-refractivity contribution >= 4 is 17.4 Å². The van der Waals surface area contributed by atoms with Crippen molar-refractivity contribution in [1.29, 1.82) is 0 Å². The minimum absolute atomic E-state index is 0.0822. The predicted octanol–water partition coefficient (Wildman–Crippen LogP) is 1.04. The van der Waals surface area contributed by atoms with Crippen LogP contribution in [0.15, 0.2) is 6.20 Å². The van der Waals surface area contributed by atoms with E-state index in [0.29, 0.717) is 0 Å². The molecule has 1 aromatic rings. The van der Waals surface area contributed by atoms with Crippen LogP contribution >= 0.6 is 11.6 Å². The van der Waals surface area contributed by atoms with Gasteiger partial charge in [0.25, 0.3) is 5.92 Å². The van der Waals surface area contributed by atoms with E-state index in [-0.39, 0.29) is 16.9 Å². The fourth-order valence-electron chi connectivity index (χ4n) is 1.87. The number of anilines is 1. The van der Waals surface area contributed by atoms with Crippen LogP contribution in [-0.4, -0.2) is 45.3 Å². The van der Waals surface area contributed by atoms with Crippen molar-refractivity contribution in [3.63, 3.8) is 0 Å². The van der Waals surface area contributed by atoms with E-state index in [4.69, 9.17) is 16.7 Å². The lowest BCUT2D eigenvalue weighted by molar-refractivity contribution is 0.0201. The number of aromatic nitrogens is 2. The maximum Gasteiger partial charge on any atom is 0.267 e. The molecule has 0 aliphatic carbocycles. The van der Waals surface area contributed by atoms with Crippen molar-refractivity contribution in [3.05, 3.63) is 11.5 Å². The lowest BCUT2D eigenvalue weighted by atomic mass is 10.2. The summed E-state index contributed by atoms with van der Waals surface area (Å²) in [6.45, 7) is -1.06. The van der Waals surface area contributed by atoms with Gasteiger partial charge in [0.05, 0.1) is 25.4 Å². The monoisotopic (exact) mass is 265 g/mol. The van der Waals surface area contributed by atoms with Crippen LogP contribution < -0.4 is 4.90 Å². The molecule has 0 bridgehead atoms. The van der Waals surface area contributed by atoms with E-state index in [1.54, 1.807) is 0 Å². The van der Waals surface area contributed by atoms with Crippen LogP contribution in [0.1, 0.15) is 6.42 Å². The SMILES string of the molecule is OC[C@@H]1CC(F)(F)CN1c1nc(Cl)ncc1O. The molecule has 2 rings (SSSR count). The van der Waals surface area contributed by atoms with Crippen molar-refractivity contribution < 1.29 is 19.0 Å². The van der Waals surface area contributed by atoms with E-state index >= 15 is 0 Å². The summed E-state index contributed by atoms with van der Waals surface area (Å²) >= 11 is 5.55. The summed E-state index contributed by atoms with van der Waals surface area (Å²) in [5.74, 6) is -3.34. The highest BCUT2D eigenvalue weighted by Gasteiger charge is 2.46. The van der Waals surface area contributed by atoms with Crippen LogP contribution in [0.3, 0.4) is 0 Å². The molecule has 0 aromatic carbocycles. The topological polar surface area (TPSA) is 69.5 Å². The molecule has 1 aromatic heterocycles. The molecule has 1 aliphatic rings. The zero-order valence-electron chi connectivity index (χ0n) is 8.65. The summed E-state index contributed by atoms with van der Waals surface area (Å²) in [5, 5.41) is 18.4. The normalized spacial score (nSPS) is 23.1. The van der Waals surface area contributed by atoms with Gasteiger partial charge in [0.15, 0.2) is 11.6 Å². The van der Waals surface area contributed by atoms with Gasteiger partial charge in [-0.15, -0.1) is 0 Å². The van der Waals surface area contributed by atoms with Gasteiger partial charge < -0.3 is 15.1 Å². The molecule has 0 unspecified atom stereocenters. The Bertz CT molecular complexity index is 433. The summed E-state index contributed by atoms with van der Waals surface area (Å²) in [4.78, 5) is 8.37. The Kier molecular flexibility index (Phi) is 3.05. The van der Waals surface area contributed by atoms with Gasteiger partial charge in [-0.1, -0.05) is 0 Å². The highest BCUT2D eigenvalue weighted by molar-refractivity contribution is 6.28. The number of aromatic hydroxyl groups is 1. The Morgan fingerprint density at radius 3 is 2.94 bits per heavy atom. The smallest absolute Gasteiger partial charge is 0.267 e. The van der Waals surface area contributed by atoms with Crippen molar-refractivity contribution in [3.8, 4) is 5.75 Å². The highest BCUT2D eigenvalue weighted by Crippen LogP contribution is 2.37. The number of nitrogens with zero attached hydrogens (tertiary/aromatic N) is 3. The molecule has 0 saturated carbocycles. The fraction of sp³-hybridized carbons (Fsp3) is 0.556. The van der Waals surface area contributed by atoms with Gasteiger partial charge in [-0.25, -0.2) is 13.8 Å². The van der Waals surface area contributed by atoms with Gasteiger partial charge in [0.2, 0.25) is 5.28 Å². The highest BCUT2D eigenvalue weighted by atomic mass is 35.5. The van der Waals surface area contributed by atoms with E-state index in [0.717, 1.165) is 11.1 Å². The van der Waals surface area contributed by atoms with Crippen LogP contribution in [0.25, 0.3) is 0 Å². The Morgan fingerprint density at radius 2 is 2.29 bits per heavy atom. The number of hydrogen-bond donors (Lipinski definition) is 2. The van der Waals surface area contributed by atoms with Crippen LogP contribution in [0.5, 0.6) is 5.75 Å². The van der Waals surface area contributed by atoms with Gasteiger partial charge in [0, 0.05) is 6.42 Å². The number of aliphatic hydroxyl groups is 1. The second kappa shape index (κ2) is 4.23. The number of hydrogen-bond acceptors (Lipinski definition) is 5. The number of rotatable bonds is 2. The molecule has 1 fully saturated rings. The van der Waals surface area contributed by atoms with Crippen molar-refractivity contribution in [1.82, 2.24) is 9.97 Å². The predicted molar refractivity (Wildman–Crippen MR) is 56.5 cm³/mol. The summed E-state index contributed by atoms with van der Waals surface area (Å²) in [6, 6.07) is -0.790. The molecule has 1 saturated heterocycles. The van der Waals surface area contributed by atoms with Crippen LogP contribution in [0.2, 0.25) is 5.28 Å². The number of aliphatic hydroxyl groups excluding tert-OH is 1. The molecule has 8 heteroatoms. The molecule has 5 nitrogen and oxygen atoms in total. The molecule has 1 aliphatic heterocycles. The van der Waals surface area contributed by atoms with Gasteiger partial charge in [0.1, 0.15) is 0 Å². The van der Waals surface area contributed by atoms with Crippen molar-refractivity contribution in [2.45, 2.75) is 18.4 Å². The quantitative estimate of drug-likeness (QED) is 0.782. The first-order valence-corrected chi connectivity index (χ1v) is 5.27. The maximum atomic E-state index is 13.2. The molecular weight excluding hydrogens is 256 g/mol. The summed E-state index contributed by atoms with van der Waals surface area (Å²) in [5.41, 5.74) is 0. The van der Waals surface area contributed by atoms with Crippen molar-refractivity contribution in [2.24, 2.45) is 0 Å². The van der Waals surface area contributed by atoms with Gasteiger partial charge >= 0.3 is 0 Å². The van der Waals surface area contributed by atoms with Crippen LogP contribution in [0, 0.1) is 0 Å². The molecule has 0 spiro atoms. The van der Waals surface area contributed by atoms with E-state index in [2.05, 4.69) is 9.97 Å². The largest absolute Gasteiger partial charge is 0.503 e. The zero-order chi connectivity index (χ0) is 12.6. The van der Waals surface area contributed by atoms with Crippen LogP contribution in [0.4, 0.5) is 14.6 Å². The average Bonchev–Trinajstić information content (AvgIpc) is 2.57. The molecule has 2 N–H and O–H groups in total. The number of halogens is 3. The minimum Gasteiger partial charge on any atom is -0.503 e. The maximum absolute atomic E-state index is 13.2. The van der Waals surface area contributed by atoms with E-state index in [1.807, 2.05) is 0 Å². The zero-order valence-corrected chi connectivity index (χ0v) is 9.40. The van der Waals surface area contributed by atoms with Gasteiger partial charge in [-0.3, -0.25) is 0 Å². The van der Waals surface area contributed by atoms with E-state index < -0.39 is 31.5 Å². The Morgan fingerprint density at radius 1 is 1.59 bits per heavy atom. The first-order valence-electron chi connectivity index (χ1n) is 4.90. The first-order chi connectivity index (χ1) is 7.93. The Balaban J connectivity index is 2.35. The molecule has 1 atom stereocenters. The first kappa shape index (κ1) is 12.3. The standard InChI is InChI=1S/C9H10ClF2N3O2/c10-8-13-2-6(17)7(14-8)15-4-9(11,12)1-5(15)3-16/h2,5,16-17H,1,3-4H2/t5-/m0/s1. The van der Waals surface area contributed by atoms with Gasteiger partial charge in [-0.2, -0.15) is 4.98 Å². The van der Waals surface area contributed by atoms with E-state index in [9.17, 15) is 13.9 Å². The van der Waals surface area contributed by atoms with Crippen LogP contribution in [-0.2, 0) is 0 Å². The molecule has 2 heterocycles. The third-order valence-electron chi connectivity index (χ3n) is 2.58. The molecular formula is C9H10ClF2N3O2. The lowest BCUT2D eigenvalue weighted by Crippen LogP contribution is -2.33. The minimum atomic E-state index is -2.92. The Hall–Kier alpha value is -1.21. The van der Waals surface area contributed by atoms with Crippen molar-refractivity contribution in [2.75, 3.05) is 18.1 Å². The summed E-state index contributed by atoms with van der Waals surface area (Å²) in [7, 11) is 0. The molecule has 0 radical (unpaired) electrons. The average molecular weight is 266 g/mol. The number of alkyl halides is 2. The summed E-state index contributed by atoms with van der Waals surface area (Å²) in [6.07, 6.45) is 0.556. The summed E-state index contributed by atoms with van der Waals surface area (Å²) < 4.78 is 26.5. The fourth-order valence-corrected chi connectivity index (χ4v) is 1.99. The third-order valence-corrected chi connectivity index (χ3v) is 2.76. The third kappa shape index (κ3) is 2.39. The van der Waals surface area contributed by atoms with Gasteiger partial charge in [-0.05, 0) is 11.6 Å².